The van der Waals surface area contributed by atoms with E-state index < -0.39 is 0 Å². The molecule has 2 aromatic rings. The number of nitrogens with zero attached hydrogens (tertiary/aromatic N) is 1. The molecule has 0 saturated heterocycles. The van der Waals surface area contributed by atoms with E-state index in [1.54, 1.807) is 26.3 Å². The van der Waals surface area contributed by atoms with Gasteiger partial charge in [0.15, 0.2) is 5.78 Å². The van der Waals surface area contributed by atoms with Crippen LogP contribution in [0.2, 0.25) is 0 Å². The van der Waals surface area contributed by atoms with Crippen molar-refractivity contribution in [1.82, 2.24) is 4.98 Å². The smallest absolute Gasteiger partial charge is 0.219 e. The Morgan fingerprint density at radius 1 is 1.30 bits per heavy atom. The summed E-state index contributed by atoms with van der Waals surface area (Å²) in [4.78, 5) is 15.4. The van der Waals surface area contributed by atoms with Gasteiger partial charge in [-0.25, -0.2) is 4.98 Å². The highest BCUT2D eigenvalue weighted by Crippen LogP contribution is 2.22. The molecular formula is C16H17NO3. The molecule has 0 fully saturated rings. The van der Waals surface area contributed by atoms with E-state index in [2.05, 4.69) is 4.98 Å². The predicted molar refractivity (Wildman–Crippen MR) is 76.3 cm³/mol. The first-order chi connectivity index (χ1) is 9.61. The molecule has 0 amide bonds. The van der Waals surface area contributed by atoms with Gasteiger partial charge in [0.05, 0.1) is 12.7 Å². The first kappa shape index (κ1) is 14.1. The topological polar surface area (TPSA) is 48.4 Å². The Hall–Kier alpha value is -2.36. The van der Waals surface area contributed by atoms with Crippen molar-refractivity contribution in [2.24, 2.45) is 0 Å². The van der Waals surface area contributed by atoms with Gasteiger partial charge in [-0.1, -0.05) is 0 Å². The van der Waals surface area contributed by atoms with Crippen molar-refractivity contribution >= 4 is 5.78 Å². The van der Waals surface area contributed by atoms with Crippen LogP contribution in [0.25, 0.3) is 0 Å². The molecule has 0 saturated carbocycles. The Balaban J connectivity index is 2.13. The van der Waals surface area contributed by atoms with E-state index in [-0.39, 0.29) is 5.78 Å². The van der Waals surface area contributed by atoms with E-state index in [1.165, 1.54) is 0 Å². The molecule has 0 bridgehead atoms. The molecule has 1 aromatic heterocycles. The van der Waals surface area contributed by atoms with Gasteiger partial charge in [0.2, 0.25) is 5.88 Å². The second kappa shape index (κ2) is 6.19. The fraction of sp³-hybridized carbons (Fsp3) is 0.250. The van der Waals surface area contributed by atoms with Gasteiger partial charge in [-0.15, -0.1) is 0 Å². The summed E-state index contributed by atoms with van der Waals surface area (Å²) in [5.74, 6) is 1.36. The lowest BCUT2D eigenvalue weighted by Gasteiger charge is -2.11. The van der Waals surface area contributed by atoms with Crippen molar-refractivity contribution in [3.05, 3.63) is 53.2 Å². The highest BCUT2D eigenvalue weighted by atomic mass is 16.5. The van der Waals surface area contributed by atoms with E-state index in [0.717, 1.165) is 16.9 Å². The van der Waals surface area contributed by atoms with Crippen LogP contribution in [0.1, 0.15) is 28.4 Å². The minimum absolute atomic E-state index is 0.0496. The predicted octanol–water partition coefficient (Wildman–Crippen LogP) is 3.18. The van der Waals surface area contributed by atoms with Crippen LogP contribution in [0, 0.1) is 6.92 Å². The van der Waals surface area contributed by atoms with E-state index >= 15 is 0 Å². The Labute approximate surface area is 118 Å². The maximum absolute atomic E-state index is 11.3. The number of hydrogen-bond donors (Lipinski definition) is 0. The van der Waals surface area contributed by atoms with Crippen LogP contribution in [0.4, 0.5) is 0 Å². The average molecular weight is 271 g/mol. The van der Waals surface area contributed by atoms with Gasteiger partial charge in [0.1, 0.15) is 12.4 Å². The van der Waals surface area contributed by atoms with Gasteiger partial charge in [-0.2, -0.15) is 0 Å². The summed E-state index contributed by atoms with van der Waals surface area (Å²) in [7, 11) is 1.58. The summed E-state index contributed by atoms with van der Waals surface area (Å²) >= 11 is 0. The molecule has 0 radical (unpaired) electrons. The molecule has 4 heteroatoms. The van der Waals surface area contributed by atoms with E-state index in [1.807, 2.05) is 31.2 Å². The monoisotopic (exact) mass is 271 g/mol. The van der Waals surface area contributed by atoms with Gasteiger partial charge in [-0.05, 0) is 49.7 Å². The Morgan fingerprint density at radius 2 is 2.10 bits per heavy atom. The number of carbonyl (C=O) groups is 1. The number of rotatable bonds is 5. The highest BCUT2D eigenvalue weighted by molar-refractivity contribution is 5.94. The van der Waals surface area contributed by atoms with Crippen molar-refractivity contribution in [3.63, 3.8) is 0 Å². The van der Waals surface area contributed by atoms with Gasteiger partial charge in [0.25, 0.3) is 0 Å². The molecule has 2 rings (SSSR count). The summed E-state index contributed by atoms with van der Waals surface area (Å²) in [5, 5.41) is 0. The highest BCUT2D eigenvalue weighted by Gasteiger charge is 2.07. The fourth-order valence-electron chi connectivity index (χ4n) is 1.90. The molecule has 0 aliphatic rings. The van der Waals surface area contributed by atoms with Gasteiger partial charge < -0.3 is 9.47 Å². The standard InChI is InChI=1S/C16H17NO3/c1-11-9-13(12(2)18)6-7-15(11)20-10-14-5-4-8-17-16(14)19-3/h4-9H,10H2,1-3H3. The van der Waals surface area contributed by atoms with Crippen LogP contribution >= 0.6 is 0 Å². The zero-order valence-electron chi connectivity index (χ0n) is 11.8. The number of benzene rings is 1. The number of aromatic nitrogens is 1. The molecule has 4 nitrogen and oxygen atoms in total. The second-order valence-corrected chi connectivity index (χ2v) is 4.50. The van der Waals surface area contributed by atoms with Crippen LogP contribution in [0.5, 0.6) is 11.6 Å². The summed E-state index contributed by atoms with van der Waals surface area (Å²) in [6.45, 7) is 3.84. The third-order valence-corrected chi connectivity index (χ3v) is 3.01. The molecule has 20 heavy (non-hydrogen) atoms. The number of aryl methyl sites for hydroxylation is 1. The maximum Gasteiger partial charge on any atom is 0.219 e. The van der Waals surface area contributed by atoms with Crippen molar-refractivity contribution < 1.29 is 14.3 Å². The number of ether oxygens (including phenoxy) is 2. The molecule has 1 aromatic carbocycles. The van der Waals surface area contributed by atoms with Crippen LogP contribution in [0.15, 0.2) is 36.5 Å². The number of Topliss-reactive ketones (excluding diaryl/α,β-unsaturated/α-hetero) is 1. The van der Waals surface area contributed by atoms with Crippen LogP contribution < -0.4 is 9.47 Å². The minimum Gasteiger partial charge on any atom is -0.488 e. The molecular weight excluding hydrogens is 254 g/mol. The fourth-order valence-corrected chi connectivity index (χ4v) is 1.90. The lowest BCUT2D eigenvalue weighted by atomic mass is 10.1. The molecule has 0 unspecified atom stereocenters. The summed E-state index contributed by atoms with van der Waals surface area (Å²) in [6.07, 6.45) is 1.68. The number of methoxy groups -OCH3 is 1. The first-order valence-corrected chi connectivity index (χ1v) is 6.34. The molecule has 0 aliphatic carbocycles. The Bertz CT molecular complexity index is 623. The van der Waals surface area contributed by atoms with Gasteiger partial charge >= 0.3 is 0 Å². The van der Waals surface area contributed by atoms with Gasteiger partial charge in [-0.3, -0.25) is 4.79 Å². The van der Waals surface area contributed by atoms with Crippen molar-refractivity contribution in [2.45, 2.75) is 20.5 Å². The van der Waals surface area contributed by atoms with Crippen molar-refractivity contribution in [1.29, 1.82) is 0 Å². The number of pyridine rings is 1. The van der Waals surface area contributed by atoms with Crippen molar-refractivity contribution in [3.8, 4) is 11.6 Å². The quantitative estimate of drug-likeness (QED) is 0.784. The van der Waals surface area contributed by atoms with Gasteiger partial charge in [0, 0.05) is 11.8 Å². The Kier molecular flexibility index (Phi) is 4.35. The average Bonchev–Trinajstić information content (AvgIpc) is 2.46. The van der Waals surface area contributed by atoms with E-state index in [4.69, 9.17) is 9.47 Å². The second-order valence-electron chi connectivity index (χ2n) is 4.50. The zero-order valence-corrected chi connectivity index (χ0v) is 11.8. The molecule has 0 atom stereocenters. The SMILES string of the molecule is COc1ncccc1COc1ccc(C(C)=O)cc1C. The summed E-state index contributed by atoms with van der Waals surface area (Å²) in [5.41, 5.74) is 2.50. The maximum atomic E-state index is 11.3. The zero-order chi connectivity index (χ0) is 14.5. The van der Waals surface area contributed by atoms with Crippen LogP contribution in [-0.2, 0) is 6.61 Å². The number of hydrogen-bond acceptors (Lipinski definition) is 4. The lowest BCUT2D eigenvalue weighted by molar-refractivity contribution is 0.101. The number of ketones is 1. The Morgan fingerprint density at radius 3 is 2.75 bits per heavy atom. The molecule has 0 aliphatic heterocycles. The van der Waals surface area contributed by atoms with Crippen molar-refractivity contribution in [2.75, 3.05) is 7.11 Å². The van der Waals surface area contributed by atoms with E-state index in [9.17, 15) is 4.79 Å². The molecule has 0 N–H and O–H groups in total. The van der Waals surface area contributed by atoms with E-state index in [0.29, 0.717) is 18.1 Å². The third kappa shape index (κ3) is 3.15. The third-order valence-electron chi connectivity index (χ3n) is 3.01. The molecule has 0 spiro atoms. The molecule has 104 valence electrons. The largest absolute Gasteiger partial charge is 0.488 e. The van der Waals surface area contributed by atoms with Crippen LogP contribution in [-0.4, -0.2) is 17.9 Å². The normalized spacial score (nSPS) is 10.2. The first-order valence-electron chi connectivity index (χ1n) is 6.34. The van der Waals surface area contributed by atoms with Crippen LogP contribution in [0.3, 0.4) is 0 Å². The number of carbonyl (C=O) groups excluding carboxylic acids is 1. The minimum atomic E-state index is 0.0496. The summed E-state index contributed by atoms with van der Waals surface area (Å²) < 4.78 is 10.9. The molecule has 1 heterocycles. The summed E-state index contributed by atoms with van der Waals surface area (Å²) in [6, 6.07) is 9.16. The lowest BCUT2D eigenvalue weighted by Crippen LogP contribution is -2.02.